The maximum absolute atomic E-state index is 13.0. The van der Waals surface area contributed by atoms with E-state index in [1.165, 1.54) is 0 Å². The summed E-state index contributed by atoms with van der Waals surface area (Å²) in [5.41, 5.74) is -1.26. The lowest BCUT2D eigenvalue weighted by atomic mass is 9.77. The summed E-state index contributed by atoms with van der Waals surface area (Å²) in [6.07, 6.45) is -0.880. The molecule has 5 heteroatoms. The van der Waals surface area contributed by atoms with Crippen LogP contribution in [0, 0.1) is 29.1 Å². The molecule has 0 heterocycles. The quantitative estimate of drug-likeness (QED) is 0.492. The lowest BCUT2D eigenvalue weighted by molar-refractivity contribution is -0.144. The number of Topliss-reactive ketones (excluding diaryl/α,β-unsaturated/α-hetero) is 1. The first-order valence-electron chi connectivity index (χ1n) is 9.11. The van der Waals surface area contributed by atoms with Gasteiger partial charge in [-0.1, -0.05) is 33.4 Å². The molecule has 0 radical (unpaired) electrons. The van der Waals surface area contributed by atoms with Crippen molar-refractivity contribution in [3.63, 3.8) is 0 Å². The molecule has 4 N–H and O–H groups in total. The summed E-state index contributed by atoms with van der Waals surface area (Å²) in [6.45, 7) is 11.4. The summed E-state index contributed by atoms with van der Waals surface area (Å²) in [5, 5.41) is 43.0. The largest absolute Gasteiger partial charge is 0.392 e. The van der Waals surface area contributed by atoms with Crippen molar-refractivity contribution in [2.45, 2.75) is 64.4 Å². The zero-order valence-corrected chi connectivity index (χ0v) is 15.4. The number of rotatable bonds is 0. The smallest absolute Gasteiger partial charge is 0.190 e. The second-order valence-electron chi connectivity index (χ2n) is 9.03. The molecule has 0 amide bonds. The topological polar surface area (TPSA) is 98.0 Å². The highest BCUT2D eigenvalue weighted by molar-refractivity contribution is 6.02. The monoisotopic (exact) mass is 350 g/mol. The van der Waals surface area contributed by atoms with Crippen molar-refractivity contribution < 1.29 is 25.2 Å². The molecular formula is C20H30O5. The zero-order valence-electron chi connectivity index (χ0n) is 15.4. The Morgan fingerprint density at radius 2 is 1.84 bits per heavy atom. The minimum Gasteiger partial charge on any atom is -0.392 e. The molecule has 0 bridgehead atoms. The third-order valence-corrected chi connectivity index (χ3v) is 7.08. The van der Waals surface area contributed by atoms with Crippen LogP contribution in [0.4, 0.5) is 0 Å². The fourth-order valence-corrected chi connectivity index (χ4v) is 5.15. The van der Waals surface area contributed by atoms with Crippen molar-refractivity contribution in [2.75, 3.05) is 0 Å². The van der Waals surface area contributed by atoms with E-state index in [2.05, 4.69) is 20.4 Å². The van der Waals surface area contributed by atoms with Gasteiger partial charge in [0.2, 0.25) is 0 Å². The van der Waals surface area contributed by atoms with E-state index in [0.717, 1.165) is 0 Å². The van der Waals surface area contributed by atoms with Crippen LogP contribution in [0.5, 0.6) is 0 Å². The molecule has 0 spiro atoms. The number of hydrogen-bond donors (Lipinski definition) is 4. The zero-order chi connectivity index (χ0) is 18.9. The van der Waals surface area contributed by atoms with Crippen LogP contribution < -0.4 is 0 Å². The number of hydrogen-bond acceptors (Lipinski definition) is 5. The van der Waals surface area contributed by atoms with Crippen LogP contribution in [-0.2, 0) is 4.79 Å². The highest BCUT2D eigenvalue weighted by atomic mass is 16.3. The first-order chi connectivity index (χ1) is 11.4. The van der Waals surface area contributed by atoms with Gasteiger partial charge in [-0.25, -0.2) is 0 Å². The van der Waals surface area contributed by atoms with E-state index >= 15 is 0 Å². The molecule has 2 saturated carbocycles. The van der Waals surface area contributed by atoms with Crippen molar-refractivity contribution >= 4 is 5.78 Å². The summed E-state index contributed by atoms with van der Waals surface area (Å²) in [6, 6.07) is 0. The SMILES string of the molecule is C=C1[C@@H](O)C[C@H]2[C@@H](/C=C(\C)C(=O)[C@@]3(O)C[C@H](C)[C@H](O)[C@@H]3[C@H]1O)C2(C)C. The average molecular weight is 350 g/mol. The van der Waals surface area contributed by atoms with Gasteiger partial charge < -0.3 is 20.4 Å². The molecule has 25 heavy (non-hydrogen) atoms. The Hall–Kier alpha value is -1.01. The predicted molar refractivity (Wildman–Crippen MR) is 93.5 cm³/mol. The molecule has 8 atom stereocenters. The van der Waals surface area contributed by atoms with Crippen LogP contribution in [-0.4, -0.2) is 50.1 Å². The maximum atomic E-state index is 13.0. The van der Waals surface area contributed by atoms with E-state index in [1.54, 1.807) is 13.8 Å². The van der Waals surface area contributed by atoms with Crippen LogP contribution in [0.1, 0.15) is 40.5 Å². The number of aliphatic hydroxyl groups is 4. The second kappa shape index (κ2) is 5.74. The molecule has 0 unspecified atom stereocenters. The number of aliphatic hydroxyl groups excluding tert-OH is 3. The molecule has 3 rings (SSSR count). The standard InChI is InChI=1S/C20H30O5/c1-9-6-12-13(19(12,4)5)7-14(21)11(3)17(23)15-16(22)10(2)8-20(15,25)18(9)24/h6,10,12-17,21-23,25H,3,7-8H2,1-2,4-5H3/b9-6+/t10-,12+,13-,14-,15+,16-,17-,20+/m0/s1. The molecule has 3 aliphatic carbocycles. The van der Waals surface area contributed by atoms with Gasteiger partial charge in [-0.15, -0.1) is 0 Å². The minimum absolute atomic E-state index is 0.0442. The first-order valence-corrected chi connectivity index (χ1v) is 9.11. The average Bonchev–Trinajstić information content (AvgIpc) is 2.92. The molecule has 0 saturated heterocycles. The van der Waals surface area contributed by atoms with Crippen molar-refractivity contribution in [3.05, 3.63) is 23.8 Å². The van der Waals surface area contributed by atoms with Gasteiger partial charge in [0.25, 0.3) is 0 Å². The molecule has 0 aliphatic heterocycles. The van der Waals surface area contributed by atoms with Gasteiger partial charge in [0.05, 0.1) is 24.2 Å². The number of allylic oxidation sites excluding steroid dienone is 1. The normalized spacial score (nSPS) is 51.8. The highest BCUT2D eigenvalue weighted by Gasteiger charge is 2.61. The van der Waals surface area contributed by atoms with Gasteiger partial charge in [0.15, 0.2) is 5.78 Å². The molecule has 3 aliphatic rings. The minimum atomic E-state index is -1.85. The third kappa shape index (κ3) is 2.64. The molecule has 2 fully saturated rings. The van der Waals surface area contributed by atoms with Crippen molar-refractivity contribution in [1.29, 1.82) is 0 Å². The van der Waals surface area contributed by atoms with Gasteiger partial charge in [-0.05, 0) is 54.1 Å². The van der Waals surface area contributed by atoms with Crippen LogP contribution in [0.3, 0.4) is 0 Å². The maximum Gasteiger partial charge on any atom is 0.190 e. The van der Waals surface area contributed by atoms with E-state index in [1.807, 2.05) is 6.08 Å². The van der Waals surface area contributed by atoms with Crippen molar-refractivity contribution in [3.8, 4) is 0 Å². The van der Waals surface area contributed by atoms with E-state index < -0.39 is 35.6 Å². The summed E-state index contributed by atoms with van der Waals surface area (Å²) >= 11 is 0. The summed E-state index contributed by atoms with van der Waals surface area (Å²) < 4.78 is 0. The Bertz CT molecular complexity index is 636. The van der Waals surface area contributed by atoms with Gasteiger partial charge in [0, 0.05) is 0 Å². The van der Waals surface area contributed by atoms with Crippen LogP contribution >= 0.6 is 0 Å². The van der Waals surface area contributed by atoms with Gasteiger partial charge in [0.1, 0.15) is 5.60 Å². The van der Waals surface area contributed by atoms with Crippen LogP contribution in [0.15, 0.2) is 23.8 Å². The third-order valence-electron chi connectivity index (χ3n) is 7.08. The van der Waals surface area contributed by atoms with Crippen LogP contribution in [0.2, 0.25) is 0 Å². The van der Waals surface area contributed by atoms with E-state index in [-0.39, 0.29) is 35.2 Å². The summed E-state index contributed by atoms with van der Waals surface area (Å²) in [7, 11) is 0. The molecule has 5 nitrogen and oxygen atoms in total. The summed E-state index contributed by atoms with van der Waals surface area (Å²) in [5.74, 6) is -1.53. The fourth-order valence-electron chi connectivity index (χ4n) is 5.15. The van der Waals surface area contributed by atoms with Crippen LogP contribution in [0.25, 0.3) is 0 Å². The second-order valence-corrected chi connectivity index (χ2v) is 9.03. The summed E-state index contributed by atoms with van der Waals surface area (Å²) in [4.78, 5) is 13.0. The van der Waals surface area contributed by atoms with E-state index in [9.17, 15) is 25.2 Å². The number of ketones is 1. The van der Waals surface area contributed by atoms with Crippen molar-refractivity contribution in [2.24, 2.45) is 29.1 Å². The first kappa shape index (κ1) is 18.8. The number of carbonyl (C=O) groups excluding carboxylic acids is 1. The van der Waals surface area contributed by atoms with Gasteiger partial charge >= 0.3 is 0 Å². The predicted octanol–water partition coefficient (Wildman–Crippen LogP) is 1.20. The van der Waals surface area contributed by atoms with E-state index in [0.29, 0.717) is 12.0 Å². The fraction of sp³-hybridized carbons (Fsp3) is 0.750. The Morgan fingerprint density at radius 1 is 1.24 bits per heavy atom. The lowest BCUT2D eigenvalue weighted by Crippen LogP contribution is -2.51. The highest BCUT2D eigenvalue weighted by Crippen LogP contribution is 2.62. The number of carbonyl (C=O) groups is 1. The molecular weight excluding hydrogens is 320 g/mol. The van der Waals surface area contributed by atoms with Gasteiger partial charge in [-0.3, -0.25) is 4.79 Å². The Balaban J connectivity index is 2.08. The molecule has 0 aromatic carbocycles. The van der Waals surface area contributed by atoms with E-state index in [4.69, 9.17) is 0 Å². The lowest BCUT2D eigenvalue weighted by Gasteiger charge is -2.35. The Morgan fingerprint density at radius 3 is 2.44 bits per heavy atom. The Kier molecular flexibility index (Phi) is 4.31. The number of fused-ring (bicyclic) bond motifs is 2. The van der Waals surface area contributed by atoms with Gasteiger partial charge in [-0.2, -0.15) is 0 Å². The Labute approximate surface area is 149 Å². The molecule has 0 aromatic heterocycles. The van der Waals surface area contributed by atoms with Crippen molar-refractivity contribution in [1.82, 2.24) is 0 Å². The molecule has 140 valence electrons. The molecule has 0 aromatic rings.